The lowest BCUT2D eigenvalue weighted by Crippen LogP contribution is -2.49. The number of carbonyl (C=O) groups excluding carboxylic acids is 1. The number of nitrogens with zero attached hydrogens (tertiary/aromatic N) is 1. The molecule has 1 aromatic carbocycles. The highest BCUT2D eigenvalue weighted by Gasteiger charge is 2.41. The number of benzene rings is 1. The first-order valence-corrected chi connectivity index (χ1v) is 5.78. The van der Waals surface area contributed by atoms with Gasteiger partial charge in [-0.1, -0.05) is 18.2 Å². The van der Waals surface area contributed by atoms with Gasteiger partial charge in [-0.15, -0.1) is 0 Å². The van der Waals surface area contributed by atoms with Crippen LogP contribution in [0.15, 0.2) is 30.3 Å². The van der Waals surface area contributed by atoms with Crippen molar-refractivity contribution >= 4 is 11.7 Å². The summed E-state index contributed by atoms with van der Waals surface area (Å²) in [5.74, 6) is 0. The molecule has 0 aliphatic carbocycles. The lowest BCUT2D eigenvalue weighted by atomic mass is 10.1. The molecule has 1 N–H and O–H groups in total. The Labute approximate surface area is 102 Å². The molecule has 1 unspecified atom stereocenters. The van der Waals surface area contributed by atoms with Crippen LogP contribution in [0.1, 0.15) is 20.8 Å². The minimum Gasteiger partial charge on any atom is -0.356 e. The Balaban J connectivity index is 2.10. The van der Waals surface area contributed by atoms with Crippen molar-refractivity contribution in [2.24, 2.45) is 0 Å². The van der Waals surface area contributed by atoms with Gasteiger partial charge in [-0.25, -0.2) is 4.79 Å². The summed E-state index contributed by atoms with van der Waals surface area (Å²) in [5, 5.41) is 2.88. The fourth-order valence-corrected chi connectivity index (χ4v) is 2.11. The molecule has 1 aliphatic heterocycles. The summed E-state index contributed by atoms with van der Waals surface area (Å²) >= 11 is 0. The number of carbonyl (C=O) groups is 1. The van der Waals surface area contributed by atoms with Crippen LogP contribution >= 0.6 is 0 Å². The van der Waals surface area contributed by atoms with Crippen LogP contribution in [0, 0.1) is 0 Å². The number of hydrogen-bond donors (Lipinski definition) is 1. The van der Waals surface area contributed by atoms with Gasteiger partial charge < -0.3 is 10.1 Å². The van der Waals surface area contributed by atoms with E-state index < -0.39 is 0 Å². The van der Waals surface area contributed by atoms with Crippen LogP contribution < -0.4 is 5.32 Å². The molecule has 17 heavy (non-hydrogen) atoms. The van der Waals surface area contributed by atoms with Crippen LogP contribution in [0.3, 0.4) is 0 Å². The van der Waals surface area contributed by atoms with Crippen molar-refractivity contribution in [3.63, 3.8) is 0 Å². The maximum absolute atomic E-state index is 12.2. The number of amides is 2. The summed E-state index contributed by atoms with van der Waals surface area (Å²) in [6, 6.07) is 9.32. The first-order valence-electron chi connectivity index (χ1n) is 5.78. The van der Waals surface area contributed by atoms with Gasteiger partial charge in [-0.05, 0) is 32.9 Å². The SMILES string of the molecule is CC1OCC(C)(C)N1C(=O)Nc1ccccc1. The van der Waals surface area contributed by atoms with Gasteiger partial charge in [0.05, 0.1) is 12.1 Å². The van der Waals surface area contributed by atoms with E-state index in [2.05, 4.69) is 5.32 Å². The minimum absolute atomic E-state index is 0.119. The largest absolute Gasteiger partial charge is 0.356 e. The smallest absolute Gasteiger partial charge is 0.324 e. The second kappa shape index (κ2) is 4.37. The van der Waals surface area contributed by atoms with E-state index in [1.165, 1.54) is 0 Å². The van der Waals surface area contributed by atoms with Crippen LogP contribution in [-0.2, 0) is 4.74 Å². The van der Waals surface area contributed by atoms with Gasteiger partial charge in [-0.2, -0.15) is 0 Å². The summed E-state index contributed by atoms with van der Waals surface area (Å²) in [6.07, 6.45) is -0.186. The molecule has 4 nitrogen and oxygen atoms in total. The molecule has 1 fully saturated rings. The van der Waals surface area contributed by atoms with Gasteiger partial charge in [0.15, 0.2) is 0 Å². The van der Waals surface area contributed by atoms with Crippen molar-refractivity contribution in [3.05, 3.63) is 30.3 Å². The molecule has 1 heterocycles. The maximum Gasteiger partial charge on any atom is 0.324 e. The molecular formula is C13H18N2O2. The first-order chi connectivity index (χ1) is 8.00. The highest BCUT2D eigenvalue weighted by Crippen LogP contribution is 2.27. The molecular weight excluding hydrogens is 216 g/mol. The molecule has 4 heteroatoms. The Hall–Kier alpha value is -1.55. The van der Waals surface area contributed by atoms with E-state index in [-0.39, 0.29) is 17.8 Å². The van der Waals surface area contributed by atoms with Crippen molar-refractivity contribution in [1.82, 2.24) is 4.90 Å². The normalized spacial score (nSPS) is 22.5. The van der Waals surface area contributed by atoms with E-state index >= 15 is 0 Å². The van der Waals surface area contributed by atoms with Crippen LogP contribution in [0.4, 0.5) is 10.5 Å². The summed E-state index contributed by atoms with van der Waals surface area (Å²) in [6.45, 7) is 6.46. The summed E-state index contributed by atoms with van der Waals surface area (Å²) in [4.78, 5) is 13.9. The molecule has 0 spiro atoms. The molecule has 92 valence electrons. The quantitative estimate of drug-likeness (QED) is 0.811. The fraction of sp³-hybridized carbons (Fsp3) is 0.462. The van der Waals surface area contributed by atoms with Crippen LogP contribution in [0.2, 0.25) is 0 Å². The third-order valence-corrected chi connectivity index (χ3v) is 2.94. The average Bonchev–Trinajstić information content (AvgIpc) is 2.54. The molecule has 1 aliphatic rings. The van der Waals surface area contributed by atoms with E-state index in [1.807, 2.05) is 51.1 Å². The zero-order valence-corrected chi connectivity index (χ0v) is 10.4. The third-order valence-electron chi connectivity index (χ3n) is 2.94. The second-order valence-corrected chi connectivity index (χ2v) is 4.89. The second-order valence-electron chi connectivity index (χ2n) is 4.89. The molecule has 1 saturated heterocycles. The molecule has 1 atom stereocenters. The maximum atomic E-state index is 12.2. The standard InChI is InChI=1S/C13H18N2O2/c1-10-15(13(2,3)9-17-10)12(16)14-11-7-5-4-6-8-11/h4-8,10H,9H2,1-3H3,(H,14,16). The molecule has 0 saturated carbocycles. The molecule has 0 bridgehead atoms. The Morgan fingerprint density at radius 3 is 2.59 bits per heavy atom. The predicted molar refractivity (Wildman–Crippen MR) is 66.8 cm³/mol. The third kappa shape index (κ3) is 2.42. The Morgan fingerprint density at radius 2 is 2.06 bits per heavy atom. The predicted octanol–water partition coefficient (Wildman–Crippen LogP) is 2.68. The van der Waals surface area contributed by atoms with Crippen LogP contribution in [0.25, 0.3) is 0 Å². The molecule has 2 amide bonds. The highest BCUT2D eigenvalue weighted by atomic mass is 16.5. The summed E-state index contributed by atoms with van der Waals surface area (Å²) in [5.41, 5.74) is 0.533. The van der Waals surface area contributed by atoms with Crippen molar-refractivity contribution in [3.8, 4) is 0 Å². The van der Waals surface area contributed by atoms with Crippen molar-refractivity contribution < 1.29 is 9.53 Å². The monoisotopic (exact) mass is 234 g/mol. The van der Waals surface area contributed by atoms with Crippen molar-refractivity contribution in [2.45, 2.75) is 32.5 Å². The number of urea groups is 1. The molecule has 0 radical (unpaired) electrons. The number of anilines is 1. The zero-order valence-electron chi connectivity index (χ0n) is 10.4. The minimum atomic E-state index is -0.266. The Kier molecular flexibility index (Phi) is 3.07. The van der Waals surface area contributed by atoms with Gasteiger partial charge in [-0.3, -0.25) is 4.90 Å². The average molecular weight is 234 g/mol. The number of rotatable bonds is 1. The molecule has 0 aromatic heterocycles. The number of ether oxygens (including phenoxy) is 1. The van der Waals surface area contributed by atoms with Gasteiger partial charge in [0.1, 0.15) is 6.23 Å². The summed E-state index contributed by atoms with van der Waals surface area (Å²) < 4.78 is 5.50. The van der Waals surface area contributed by atoms with Gasteiger partial charge >= 0.3 is 6.03 Å². The van der Waals surface area contributed by atoms with Gasteiger partial charge in [0, 0.05) is 5.69 Å². The fourth-order valence-electron chi connectivity index (χ4n) is 2.11. The van der Waals surface area contributed by atoms with E-state index in [4.69, 9.17) is 4.74 Å². The number of hydrogen-bond acceptors (Lipinski definition) is 2. The lowest BCUT2D eigenvalue weighted by Gasteiger charge is -2.32. The van der Waals surface area contributed by atoms with Gasteiger partial charge in [0.2, 0.25) is 0 Å². The van der Waals surface area contributed by atoms with E-state index in [1.54, 1.807) is 4.90 Å². The van der Waals surface area contributed by atoms with Crippen molar-refractivity contribution in [1.29, 1.82) is 0 Å². The van der Waals surface area contributed by atoms with Gasteiger partial charge in [0.25, 0.3) is 0 Å². The van der Waals surface area contributed by atoms with Crippen LogP contribution in [0.5, 0.6) is 0 Å². The van der Waals surface area contributed by atoms with E-state index in [9.17, 15) is 4.79 Å². The zero-order chi connectivity index (χ0) is 12.5. The van der Waals surface area contributed by atoms with Crippen molar-refractivity contribution in [2.75, 3.05) is 11.9 Å². The molecule has 1 aromatic rings. The number of para-hydroxylation sites is 1. The highest BCUT2D eigenvalue weighted by molar-refractivity contribution is 5.90. The summed E-state index contributed by atoms with van der Waals surface area (Å²) in [7, 11) is 0. The van der Waals surface area contributed by atoms with Crippen LogP contribution in [-0.4, -0.2) is 29.3 Å². The Morgan fingerprint density at radius 1 is 1.41 bits per heavy atom. The number of nitrogens with one attached hydrogen (secondary N) is 1. The Bertz CT molecular complexity index is 403. The first kappa shape index (κ1) is 11.9. The lowest BCUT2D eigenvalue weighted by molar-refractivity contribution is 0.0651. The van der Waals surface area contributed by atoms with E-state index in [0.717, 1.165) is 5.69 Å². The molecule has 2 rings (SSSR count). The van der Waals surface area contributed by atoms with E-state index in [0.29, 0.717) is 6.61 Å². The topological polar surface area (TPSA) is 41.6 Å².